The number of carbonyl (C=O) groups excluding carboxylic acids is 1. The van der Waals surface area contributed by atoms with Crippen molar-refractivity contribution in [2.45, 2.75) is 31.2 Å². The molecule has 0 spiro atoms. The molecule has 0 bridgehead atoms. The van der Waals surface area contributed by atoms with Crippen LogP contribution in [0.1, 0.15) is 30.7 Å². The second kappa shape index (κ2) is 9.48. The molecule has 1 aromatic rings. The molecule has 1 unspecified atom stereocenters. The van der Waals surface area contributed by atoms with Crippen molar-refractivity contribution < 1.29 is 19.8 Å². The van der Waals surface area contributed by atoms with Gasteiger partial charge in [0.05, 0.1) is 0 Å². The maximum absolute atomic E-state index is 12.6. The highest BCUT2D eigenvalue weighted by Gasteiger charge is 2.42. The Morgan fingerprint density at radius 1 is 1.29 bits per heavy atom. The zero-order valence-electron chi connectivity index (χ0n) is 13.4. The van der Waals surface area contributed by atoms with Gasteiger partial charge in [-0.15, -0.1) is 11.8 Å². The van der Waals surface area contributed by atoms with Crippen LogP contribution >= 0.6 is 33.3 Å². The number of phenolic OH excluding ortho intramolecular Hbond substituents is 1. The maximum Gasteiger partial charge on any atom is 0.327 e. The molecule has 24 heavy (non-hydrogen) atoms. The quantitative estimate of drug-likeness (QED) is 0.521. The Morgan fingerprint density at radius 2 is 2.00 bits per heavy atom. The zero-order chi connectivity index (χ0) is 17.5. The Balaban J connectivity index is 2.09. The smallest absolute Gasteiger partial charge is 0.327 e. The average Bonchev–Trinajstić information content (AvgIpc) is 3.00. The largest absolute Gasteiger partial charge is 0.508 e. The summed E-state index contributed by atoms with van der Waals surface area (Å²) < 4.78 is 0. The van der Waals surface area contributed by atoms with Crippen LogP contribution in [-0.4, -0.2) is 50.3 Å². The van der Waals surface area contributed by atoms with Crippen molar-refractivity contribution in [1.82, 2.24) is 4.90 Å². The Labute approximate surface area is 154 Å². The third-order valence-electron chi connectivity index (χ3n) is 3.55. The molecule has 8 heteroatoms. The van der Waals surface area contributed by atoms with E-state index in [0.29, 0.717) is 23.5 Å². The molecular weight excluding hydrogens is 366 g/mol. The number of carboxylic acid groups (broad SMARTS) is 1. The van der Waals surface area contributed by atoms with Crippen LogP contribution in [0, 0.1) is 0 Å². The van der Waals surface area contributed by atoms with Gasteiger partial charge in [-0.25, -0.2) is 4.79 Å². The predicted octanol–water partition coefficient (Wildman–Crippen LogP) is 3.60. The van der Waals surface area contributed by atoms with Crippen LogP contribution in [0.4, 0.5) is 0 Å². The summed E-state index contributed by atoms with van der Waals surface area (Å²) in [5.41, 5.74) is 0.590. The van der Waals surface area contributed by atoms with E-state index < -0.39 is 17.4 Å². The first-order valence-electron chi connectivity index (χ1n) is 7.74. The lowest BCUT2D eigenvalue weighted by molar-refractivity contribution is -0.149. The Kier molecular flexibility index (Phi) is 7.64. The maximum atomic E-state index is 12.6. The fourth-order valence-corrected chi connectivity index (χ4v) is 5.99. The lowest BCUT2D eigenvalue weighted by Gasteiger charge is -2.28. The minimum atomic E-state index is -0.998. The molecule has 0 aromatic heterocycles. The fraction of sp³-hybridized carbons (Fsp3) is 0.500. The topological polar surface area (TPSA) is 77.8 Å². The summed E-state index contributed by atoms with van der Waals surface area (Å²) in [6, 6.07) is 5.94. The fourth-order valence-electron chi connectivity index (χ4n) is 2.40. The van der Waals surface area contributed by atoms with Gasteiger partial charge in [-0.1, -0.05) is 46.7 Å². The van der Waals surface area contributed by atoms with Crippen molar-refractivity contribution in [3.8, 4) is 5.75 Å². The van der Waals surface area contributed by atoms with Crippen molar-refractivity contribution in [2.24, 2.45) is 0 Å². The standard InChI is InChI=1S/C16H21NO4S3/c1-2-8-23-24-9-7-14(19)17-12(16(20)21)10-22-15(17)11-5-3-4-6-13(11)18/h3-6,12,15,18H,2,7-10H2,1H3,(H,20,21)/t12-,15?/m0/s1. The van der Waals surface area contributed by atoms with Gasteiger partial charge in [-0.2, -0.15) is 0 Å². The van der Waals surface area contributed by atoms with Crippen LogP contribution in [0.5, 0.6) is 5.75 Å². The molecule has 1 aliphatic heterocycles. The SMILES string of the molecule is CCCSSCCC(=O)N1C(c2ccccc2O)SC[C@H]1C(=O)O. The van der Waals surface area contributed by atoms with Gasteiger partial charge >= 0.3 is 5.97 Å². The van der Waals surface area contributed by atoms with E-state index in [1.807, 2.05) is 0 Å². The second-order valence-corrected chi connectivity index (χ2v) is 9.11. The average molecular weight is 388 g/mol. The second-order valence-electron chi connectivity index (χ2n) is 5.29. The molecule has 2 N–H and O–H groups in total. The number of carboxylic acids is 1. The van der Waals surface area contributed by atoms with Gasteiger partial charge in [0.25, 0.3) is 0 Å². The monoisotopic (exact) mass is 387 g/mol. The van der Waals surface area contributed by atoms with Gasteiger partial charge in [0.2, 0.25) is 5.91 Å². The van der Waals surface area contributed by atoms with Gasteiger partial charge < -0.3 is 15.1 Å². The molecule has 1 aromatic carbocycles. The van der Waals surface area contributed by atoms with Crippen LogP contribution in [0.25, 0.3) is 0 Å². The number of nitrogens with zero attached hydrogens (tertiary/aromatic N) is 1. The van der Waals surface area contributed by atoms with E-state index >= 15 is 0 Å². The zero-order valence-corrected chi connectivity index (χ0v) is 15.8. The predicted molar refractivity (Wildman–Crippen MR) is 101 cm³/mol. The lowest BCUT2D eigenvalue weighted by atomic mass is 10.1. The minimum absolute atomic E-state index is 0.0896. The lowest BCUT2D eigenvalue weighted by Crippen LogP contribution is -2.43. The highest BCUT2D eigenvalue weighted by atomic mass is 33.1. The number of para-hydroxylation sites is 1. The molecule has 1 fully saturated rings. The summed E-state index contributed by atoms with van der Waals surface area (Å²) in [6.45, 7) is 2.11. The Hall–Kier alpha value is -0.990. The van der Waals surface area contributed by atoms with Crippen LogP contribution in [-0.2, 0) is 9.59 Å². The molecule has 1 aliphatic rings. The molecule has 132 valence electrons. The molecule has 2 atom stereocenters. The summed E-state index contributed by atoms with van der Waals surface area (Å²) >= 11 is 1.38. The molecule has 0 aliphatic carbocycles. The molecule has 0 radical (unpaired) electrons. The summed E-state index contributed by atoms with van der Waals surface area (Å²) in [6.07, 6.45) is 1.39. The summed E-state index contributed by atoms with van der Waals surface area (Å²) in [5.74, 6) is 0.942. The van der Waals surface area contributed by atoms with E-state index in [1.54, 1.807) is 45.9 Å². The number of hydrogen-bond donors (Lipinski definition) is 2. The van der Waals surface area contributed by atoms with Crippen molar-refractivity contribution in [2.75, 3.05) is 17.3 Å². The van der Waals surface area contributed by atoms with Crippen LogP contribution in [0.2, 0.25) is 0 Å². The van der Waals surface area contributed by atoms with Crippen molar-refractivity contribution in [3.63, 3.8) is 0 Å². The molecule has 5 nitrogen and oxygen atoms in total. The first-order valence-corrected chi connectivity index (χ1v) is 11.3. The Morgan fingerprint density at radius 3 is 2.67 bits per heavy atom. The van der Waals surface area contributed by atoms with E-state index in [2.05, 4.69) is 6.92 Å². The molecule has 1 saturated heterocycles. The highest BCUT2D eigenvalue weighted by Crippen LogP contribution is 2.44. The number of amides is 1. The normalized spacial score (nSPS) is 20.3. The van der Waals surface area contributed by atoms with Gasteiger partial charge in [-0.05, 0) is 12.5 Å². The van der Waals surface area contributed by atoms with Crippen molar-refractivity contribution in [3.05, 3.63) is 29.8 Å². The number of aliphatic carboxylic acids is 1. The molecule has 2 rings (SSSR count). The van der Waals surface area contributed by atoms with E-state index in [1.165, 1.54) is 16.7 Å². The van der Waals surface area contributed by atoms with Gasteiger partial charge in [-0.3, -0.25) is 4.79 Å². The van der Waals surface area contributed by atoms with E-state index in [-0.39, 0.29) is 11.7 Å². The Bertz CT molecular complexity index is 584. The van der Waals surface area contributed by atoms with Gasteiger partial charge in [0.15, 0.2) is 0 Å². The first-order chi connectivity index (χ1) is 11.6. The molecular formula is C16H21NO4S3. The van der Waals surface area contributed by atoms with E-state index in [0.717, 1.165) is 12.2 Å². The number of thioether (sulfide) groups is 1. The summed E-state index contributed by atoms with van der Waals surface area (Å²) in [7, 11) is 3.37. The highest BCUT2D eigenvalue weighted by molar-refractivity contribution is 8.76. The van der Waals surface area contributed by atoms with Crippen LogP contribution < -0.4 is 0 Å². The number of aromatic hydroxyl groups is 1. The van der Waals surface area contributed by atoms with E-state index in [4.69, 9.17) is 0 Å². The first kappa shape index (κ1) is 19.3. The van der Waals surface area contributed by atoms with E-state index in [9.17, 15) is 19.8 Å². The summed E-state index contributed by atoms with van der Waals surface area (Å²) in [5, 5.41) is 19.0. The third kappa shape index (κ3) is 4.77. The van der Waals surface area contributed by atoms with Gasteiger partial charge in [0.1, 0.15) is 17.2 Å². The van der Waals surface area contributed by atoms with Gasteiger partial charge in [0, 0.05) is 29.2 Å². The number of hydrogen-bond acceptors (Lipinski definition) is 6. The number of benzene rings is 1. The van der Waals surface area contributed by atoms with Crippen LogP contribution in [0.15, 0.2) is 24.3 Å². The molecule has 1 amide bonds. The third-order valence-corrected chi connectivity index (χ3v) is 7.46. The number of carbonyl (C=O) groups is 2. The summed E-state index contributed by atoms with van der Waals surface area (Å²) in [4.78, 5) is 25.6. The number of phenols is 1. The van der Waals surface area contributed by atoms with Crippen molar-refractivity contribution >= 4 is 45.2 Å². The van der Waals surface area contributed by atoms with Crippen molar-refractivity contribution in [1.29, 1.82) is 0 Å². The van der Waals surface area contributed by atoms with Crippen LogP contribution in [0.3, 0.4) is 0 Å². The molecule has 1 heterocycles. The minimum Gasteiger partial charge on any atom is -0.508 e. The number of rotatable bonds is 8. The molecule has 0 saturated carbocycles.